The number of phenolic OH excluding ortho intramolecular Hbond substituents is 2. The molecule has 2 saturated carbocycles. The van der Waals surface area contributed by atoms with Gasteiger partial charge in [-0.15, -0.1) is 0 Å². The maximum atomic E-state index is 12.3. The smallest absolute Gasteiger partial charge is 0.335 e. The summed E-state index contributed by atoms with van der Waals surface area (Å²) in [5, 5.41) is 76.0. The second-order valence-corrected chi connectivity index (χ2v) is 10.9. The van der Waals surface area contributed by atoms with Gasteiger partial charge in [0.2, 0.25) is 6.29 Å². The third-order valence-corrected chi connectivity index (χ3v) is 8.68. The summed E-state index contributed by atoms with van der Waals surface area (Å²) in [6.07, 6.45) is -3.48. The largest absolute Gasteiger partial charge is 0.507 e. The van der Waals surface area contributed by atoms with Crippen LogP contribution in [-0.2, 0) is 4.74 Å². The second kappa shape index (κ2) is 9.06. The van der Waals surface area contributed by atoms with Gasteiger partial charge in [-0.3, -0.25) is 4.79 Å². The lowest BCUT2D eigenvalue weighted by molar-refractivity contribution is -0.361. The topological polar surface area (TPSA) is 194 Å². The van der Waals surface area contributed by atoms with Gasteiger partial charge in [-0.05, 0) is 57.6 Å². The van der Waals surface area contributed by atoms with Crippen molar-refractivity contribution in [1.29, 1.82) is 0 Å². The summed E-state index contributed by atoms with van der Waals surface area (Å²) in [6, 6.07) is 2.14. The zero-order valence-corrected chi connectivity index (χ0v) is 21.0. The number of aromatic carboxylic acids is 1. The van der Waals surface area contributed by atoms with Gasteiger partial charge in [0, 0.05) is 10.9 Å². The molecule has 3 fully saturated rings. The Morgan fingerprint density at radius 2 is 1.74 bits per heavy atom. The normalized spacial score (nSPS) is 34.8. The molecule has 0 spiro atoms. The van der Waals surface area contributed by atoms with Crippen LogP contribution in [0.15, 0.2) is 12.1 Å². The van der Waals surface area contributed by atoms with Gasteiger partial charge in [0.25, 0.3) is 0 Å². The van der Waals surface area contributed by atoms with Gasteiger partial charge in [-0.2, -0.15) is 0 Å². The lowest BCUT2D eigenvalue weighted by Gasteiger charge is -2.59. The van der Waals surface area contributed by atoms with E-state index in [-0.39, 0.29) is 45.6 Å². The lowest BCUT2D eigenvalue weighted by Crippen LogP contribution is -2.76. The number of ketones is 1. The summed E-state index contributed by atoms with van der Waals surface area (Å²) >= 11 is 0. The molecule has 2 aromatic carbocycles. The maximum absolute atomic E-state index is 12.3. The van der Waals surface area contributed by atoms with Crippen LogP contribution < -0.4 is 4.74 Å². The number of carbonyl (C=O) groups is 2. The Morgan fingerprint density at radius 3 is 2.39 bits per heavy atom. The predicted octanol–water partition coefficient (Wildman–Crippen LogP) is 1.73. The van der Waals surface area contributed by atoms with Crippen LogP contribution >= 0.6 is 0 Å². The first-order chi connectivity index (χ1) is 17.8. The quantitative estimate of drug-likeness (QED) is 0.224. The predicted molar refractivity (Wildman–Crippen MR) is 131 cm³/mol. The fourth-order valence-electron chi connectivity index (χ4n) is 6.70. The third kappa shape index (κ3) is 3.76. The van der Waals surface area contributed by atoms with E-state index in [1.54, 1.807) is 0 Å². The standard InChI is InChI=1S/C27H32O11/c1-11-17(12(2)28)20(30)18-15(19(11)29)9-13(23(33)34)10-16(18)37-24-21(31)22(32)27(36)8-6-14-5-3-4-7-26(14,35)25(27)38-24/h9-10,14,21-22,24-25,29-32,35-36H,3-8H2,1-2H3,(H,33,34). The second-order valence-electron chi connectivity index (χ2n) is 10.9. The number of benzene rings is 2. The van der Waals surface area contributed by atoms with Gasteiger partial charge in [-0.1, -0.05) is 12.8 Å². The average Bonchev–Trinajstić information content (AvgIpc) is 2.86. The Bertz CT molecular complexity index is 1320. The van der Waals surface area contributed by atoms with Crippen LogP contribution in [0.25, 0.3) is 10.8 Å². The van der Waals surface area contributed by atoms with Gasteiger partial charge in [0.05, 0.1) is 22.1 Å². The maximum Gasteiger partial charge on any atom is 0.335 e. The molecule has 11 nitrogen and oxygen atoms in total. The highest BCUT2D eigenvalue weighted by Crippen LogP contribution is 2.53. The zero-order valence-electron chi connectivity index (χ0n) is 21.0. The third-order valence-electron chi connectivity index (χ3n) is 8.68. The number of aromatic hydroxyl groups is 2. The molecule has 1 heterocycles. The van der Waals surface area contributed by atoms with E-state index >= 15 is 0 Å². The molecule has 7 N–H and O–H groups in total. The number of rotatable bonds is 4. The molecule has 11 heteroatoms. The van der Waals surface area contributed by atoms with Crippen LogP contribution in [0, 0.1) is 12.8 Å². The van der Waals surface area contributed by atoms with Crippen molar-refractivity contribution < 1.29 is 54.8 Å². The molecule has 1 aliphatic heterocycles. The molecule has 0 radical (unpaired) electrons. The summed E-state index contributed by atoms with van der Waals surface area (Å²) in [5.41, 5.74) is -3.93. The molecule has 5 rings (SSSR count). The Kier molecular flexibility index (Phi) is 6.35. The summed E-state index contributed by atoms with van der Waals surface area (Å²) in [7, 11) is 0. The van der Waals surface area contributed by atoms with E-state index in [9.17, 15) is 45.3 Å². The summed E-state index contributed by atoms with van der Waals surface area (Å²) in [4.78, 5) is 24.1. The van der Waals surface area contributed by atoms with Crippen LogP contribution in [0.3, 0.4) is 0 Å². The first-order valence-corrected chi connectivity index (χ1v) is 12.7. The molecule has 3 aliphatic rings. The molecular formula is C27H32O11. The monoisotopic (exact) mass is 532 g/mol. The van der Waals surface area contributed by atoms with E-state index in [1.807, 2.05) is 0 Å². The number of aliphatic hydroxyl groups excluding tert-OH is 2. The van der Waals surface area contributed by atoms with Gasteiger partial charge in [-0.25, -0.2) is 4.79 Å². The van der Waals surface area contributed by atoms with Crippen molar-refractivity contribution in [1.82, 2.24) is 0 Å². The number of fused-ring (bicyclic) bond motifs is 4. The van der Waals surface area contributed by atoms with Crippen molar-refractivity contribution in [2.75, 3.05) is 0 Å². The molecular weight excluding hydrogens is 500 g/mol. The lowest BCUT2D eigenvalue weighted by atomic mass is 9.58. The van der Waals surface area contributed by atoms with Crippen molar-refractivity contribution >= 4 is 22.5 Å². The molecule has 7 unspecified atom stereocenters. The van der Waals surface area contributed by atoms with Crippen molar-refractivity contribution in [2.45, 2.75) is 88.2 Å². The highest BCUT2D eigenvalue weighted by Gasteiger charge is 2.66. The van der Waals surface area contributed by atoms with E-state index in [4.69, 9.17) is 9.47 Å². The number of Topliss-reactive ketones (excluding diaryl/α,β-unsaturated/α-hetero) is 1. The number of aliphatic hydroxyl groups is 4. The molecule has 2 aromatic rings. The minimum atomic E-state index is -1.95. The number of carbonyl (C=O) groups excluding carboxylic acids is 1. The van der Waals surface area contributed by atoms with Crippen LogP contribution in [0.1, 0.15) is 71.7 Å². The summed E-state index contributed by atoms with van der Waals surface area (Å²) in [5.74, 6) is -3.49. The molecule has 0 amide bonds. The fourth-order valence-corrected chi connectivity index (χ4v) is 6.70. The van der Waals surface area contributed by atoms with Gasteiger partial charge in [0.15, 0.2) is 5.78 Å². The van der Waals surface area contributed by atoms with Gasteiger partial charge in [0.1, 0.15) is 41.2 Å². The molecule has 2 aliphatic carbocycles. The summed E-state index contributed by atoms with van der Waals surface area (Å²) in [6.45, 7) is 2.59. The molecule has 38 heavy (non-hydrogen) atoms. The highest BCUT2D eigenvalue weighted by molar-refractivity contribution is 6.11. The molecule has 1 saturated heterocycles. The minimum Gasteiger partial charge on any atom is -0.507 e. The van der Waals surface area contributed by atoms with Crippen LogP contribution in [0.5, 0.6) is 17.2 Å². The van der Waals surface area contributed by atoms with Gasteiger partial charge < -0.3 is 45.2 Å². The fraction of sp³-hybridized carbons (Fsp3) is 0.556. The van der Waals surface area contributed by atoms with Crippen LogP contribution in [0.4, 0.5) is 0 Å². The molecule has 206 valence electrons. The number of ether oxygens (including phenoxy) is 2. The van der Waals surface area contributed by atoms with E-state index in [1.165, 1.54) is 13.8 Å². The Balaban J connectivity index is 1.63. The Hall–Kier alpha value is -2.96. The van der Waals surface area contributed by atoms with Crippen LogP contribution in [0.2, 0.25) is 0 Å². The average molecular weight is 533 g/mol. The van der Waals surface area contributed by atoms with Crippen molar-refractivity contribution in [2.24, 2.45) is 5.92 Å². The number of carboxylic acids is 1. The summed E-state index contributed by atoms with van der Waals surface area (Å²) < 4.78 is 11.9. The van der Waals surface area contributed by atoms with E-state index in [0.29, 0.717) is 25.7 Å². The van der Waals surface area contributed by atoms with E-state index < -0.39 is 59.1 Å². The molecule has 7 atom stereocenters. The first-order valence-electron chi connectivity index (χ1n) is 12.7. The van der Waals surface area contributed by atoms with Crippen molar-refractivity contribution in [3.8, 4) is 17.2 Å². The van der Waals surface area contributed by atoms with Crippen molar-refractivity contribution in [3.05, 3.63) is 28.8 Å². The van der Waals surface area contributed by atoms with Gasteiger partial charge >= 0.3 is 5.97 Å². The SMILES string of the molecule is CC(=O)c1c(C)c(O)c2cc(C(=O)O)cc(OC3OC4C5(O)CCCCC5CCC4(O)C(O)C3O)c2c1O. The van der Waals surface area contributed by atoms with Crippen LogP contribution in [-0.4, -0.2) is 83.3 Å². The zero-order chi connectivity index (χ0) is 27.7. The Labute approximate surface area is 217 Å². The first kappa shape index (κ1) is 26.6. The molecule has 0 aromatic heterocycles. The van der Waals surface area contributed by atoms with E-state index in [2.05, 4.69) is 0 Å². The number of carboxylic acid groups (broad SMARTS) is 1. The van der Waals surface area contributed by atoms with E-state index in [0.717, 1.165) is 18.6 Å². The highest BCUT2D eigenvalue weighted by atomic mass is 16.7. The number of hydrogen-bond acceptors (Lipinski definition) is 10. The number of phenols is 2. The number of hydrogen-bond donors (Lipinski definition) is 7. The minimum absolute atomic E-state index is 0.0400. The van der Waals surface area contributed by atoms with Crippen molar-refractivity contribution in [3.63, 3.8) is 0 Å². The molecule has 0 bridgehead atoms. The Morgan fingerprint density at radius 1 is 1.03 bits per heavy atom.